The van der Waals surface area contributed by atoms with Crippen LogP contribution in [0.2, 0.25) is 0 Å². The lowest BCUT2D eigenvalue weighted by Crippen LogP contribution is -2.21. The lowest BCUT2D eigenvalue weighted by molar-refractivity contribution is 0.588. The summed E-state index contributed by atoms with van der Waals surface area (Å²) < 4.78 is 14.9. The molecule has 0 bridgehead atoms. The molecule has 0 fully saturated rings. The second-order valence-electron chi connectivity index (χ2n) is 4.85. The molecule has 18 heavy (non-hydrogen) atoms. The Balaban J connectivity index is 1.95. The van der Waals surface area contributed by atoms with E-state index in [9.17, 15) is 4.39 Å². The molecule has 1 aromatic carbocycles. The lowest BCUT2D eigenvalue weighted by atomic mass is 10.2. The molecule has 0 aliphatic carbocycles. The maximum atomic E-state index is 12.8. The average Bonchev–Trinajstić information content (AvgIpc) is 2.77. The van der Waals surface area contributed by atoms with E-state index in [1.54, 1.807) is 0 Å². The van der Waals surface area contributed by atoms with Gasteiger partial charge in [-0.3, -0.25) is 0 Å². The van der Waals surface area contributed by atoms with Gasteiger partial charge >= 0.3 is 0 Å². The smallest absolute Gasteiger partial charge is 0.123 e. The standard InChI is InChI=1S/C15H19FN2/c1-12(2)17-9-14-7-8-18(11-14)10-13-3-5-15(16)6-4-13/h3-8,11-12,17H,9-10H2,1-2H3. The summed E-state index contributed by atoms with van der Waals surface area (Å²) >= 11 is 0. The summed E-state index contributed by atoms with van der Waals surface area (Å²) in [6.45, 7) is 5.93. The number of rotatable bonds is 5. The average molecular weight is 246 g/mol. The van der Waals surface area contributed by atoms with E-state index in [-0.39, 0.29) is 5.82 Å². The SMILES string of the molecule is CC(C)NCc1ccn(Cc2ccc(F)cc2)c1. The third-order valence-electron chi connectivity index (χ3n) is 2.80. The van der Waals surface area contributed by atoms with Gasteiger partial charge in [-0.05, 0) is 29.3 Å². The van der Waals surface area contributed by atoms with Crippen molar-refractivity contribution in [2.75, 3.05) is 0 Å². The monoisotopic (exact) mass is 246 g/mol. The molecule has 1 aromatic heterocycles. The first-order valence-electron chi connectivity index (χ1n) is 6.26. The van der Waals surface area contributed by atoms with Crippen LogP contribution in [0.25, 0.3) is 0 Å². The van der Waals surface area contributed by atoms with E-state index < -0.39 is 0 Å². The Labute approximate surface area is 107 Å². The summed E-state index contributed by atoms with van der Waals surface area (Å²) in [5.41, 5.74) is 2.38. The van der Waals surface area contributed by atoms with Gasteiger partial charge in [-0.15, -0.1) is 0 Å². The number of benzene rings is 1. The third kappa shape index (κ3) is 3.70. The molecular weight excluding hydrogens is 227 g/mol. The van der Waals surface area contributed by atoms with Crippen molar-refractivity contribution in [2.24, 2.45) is 0 Å². The first-order chi connectivity index (χ1) is 8.63. The van der Waals surface area contributed by atoms with Crippen molar-refractivity contribution >= 4 is 0 Å². The molecule has 1 heterocycles. The van der Waals surface area contributed by atoms with Gasteiger partial charge < -0.3 is 9.88 Å². The molecule has 2 aromatic rings. The van der Waals surface area contributed by atoms with E-state index in [2.05, 4.69) is 42.2 Å². The maximum Gasteiger partial charge on any atom is 0.123 e. The number of nitrogens with one attached hydrogen (secondary N) is 1. The summed E-state index contributed by atoms with van der Waals surface area (Å²) in [5, 5.41) is 3.38. The van der Waals surface area contributed by atoms with E-state index in [1.807, 2.05) is 12.1 Å². The van der Waals surface area contributed by atoms with Crippen LogP contribution in [0.15, 0.2) is 42.7 Å². The summed E-state index contributed by atoms with van der Waals surface area (Å²) in [6.07, 6.45) is 4.18. The van der Waals surface area contributed by atoms with Crippen LogP contribution in [-0.4, -0.2) is 10.6 Å². The first kappa shape index (κ1) is 12.8. The van der Waals surface area contributed by atoms with Crippen molar-refractivity contribution in [1.82, 2.24) is 9.88 Å². The van der Waals surface area contributed by atoms with E-state index in [1.165, 1.54) is 17.7 Å². The van der Waals surface area contributed by atoms with Gasteiger partial charge in [0.05, 0.1) is 0 Å². The predicted octanol–water partition coefficient (Wildman–Crippen LogP) is 3.17. The largest absolute Gasteiger partial charge is 0.350 e. The molecule has 0 radical (unpaired) electrons. The van der Waals surface area contributed by atoms with Crippen LogP contribution in [0.5, 0.6) is 0 Å². The summed E-state index contributed by atoms with van der Waals surface area (Å²) in [5.74, 6) is -0.187. The lowest BCUT2D eigenvalue weighted by Gasteiger charge is -2.06. The van der Waals surface area contributed by atoms with Gasteiger partial charge in [0.2, 0.25) is 0 Å². The summed E-state index contributed by atoms with van der Waals surface area (Å²) in [6, 6.07) is 9.24. The highest BCUT2D eigenvalue weighted by Crippen LogP contribution is 2.08. The van der Waals surface area contributed by atoms with Gasteiger partial charge in [0.15, 0.2) is 0 Å². The number of hydrogen-bond acceptors (Lipinski definition) is 1. The fourth-order valence-corrected chi connectivity index (χ4v) is 1.82. The quantitative estimate of drug-likeness (QED) is 0.857. The van der Waals surface area contributed by atoms with Crippen LogP contribution in [0.4, 0.5) is 4.39 Å². The Morgan fingerprint density at radius 2 is 1.83 bits per heavy atom. The topological polar surface area (TPSA) is 17.0 Å². The highest BCUT2D eigenvalue weighted by molar-refractivity contribution is 5.18. The van der Waals surface area contributed by atoms with E-state index in [4.69, 9.17) is 0 Å². The van der Waals surface area contributed by atoms with Gasteiger partial charge in [0.1, 0.15) is 5.82 Å². The van der Waals surface area contributed by atoms with E-state index in [0.717, 1.165) is 18.7 Å². The third-order valence-corrected chi connectivity index (χ3v) is 2.80. The first-order valence-corrected chi connectivity index (χ1v) is 6.26. The highest BCUT2D eigenvalue weighted by Gasteiger charge is 2.00. The second-order valence-corrected chi connectivity index (χ2v) is 4.85. The Kier molecular flexibility index (Phi) is 4.15. The van der Waals surface area contributed by atoms with Crippen molar-refractivity contribution in [3.05, 3.63) is 59.7 Å². The number of halogens is 1. The van der Waals surface area contributed by atoms with Crippen LogP contribution in [0.1, 0.15) is 25.0 Å². The number of nitrogens with zero attached hydrogens (tertiary/aromatic N) is 1. The Bertz CT molecular complexity index is 485. The zero-order chi connectivity index (χ0) is 13.0. The van der Waals surface area contributed by atoms with Crippen molar-refractivity contribution in [1.29, 1.82) is 0 Å². The molecule has 0 aliphatic heterocycles. The van der Waals surface area contributed by atoms with Gasteiger partial charge in [-0.2, -0.15) is 0 Å². The van der Waals surface area contributed by atoms with Crippen LogP contribution < -0.4 is 5.32 Å². The van der Waals surface area contributed by atoms with Crippen LogP contribution >= 0.6 is 0 Å². The minimum Gasteiger partial charge on any atom is -0.350 e. The molecule has 0 spiro atoms. The highest BCUT2D eigenvalue weighted by atomic mass is 19.1. The molecular formula is C15H19FN2. The van der Waals surface area contributed by atoms with Crippen molar-refractivity contribution in [3.8, 4) is 0 Å². The van der Waals surface area contributed by atoms with Gasteiger partial charge in [0.25, 0.3) is 0 Å². The fourth-order valence-electron chi connectivity index (χ4n) is 1.82. The molecule has 3 heteroatoms. The summed E-state index contributed by atoms with van der Waals surface area (Å²) in [7, 11) is 0. The van der Waals surface area contributed by atoms with Crippen molar-refractivity contribution in [3.63, 3.8) is 0 Å². The molecule has 0 unspecified atom stereocenters. The minimum absolute atomic E-state index is 0.187. The van der Waals surface area contributed by atoms with Gasteiger partial charge in [0, 0.05) is 31.5 Å². The predicted molar refractivity (Wildman–Crippen MR) is 71.9 cm³/mol. The minimum atomic E-state index is -0.187. The van der Waals surface area contributed by atoms with Crippen LogP contribution in [0.3, 0.4) is 0 Å². The Morgan fingerprint density at radius 3 is 2.50 bits per heavy atom. The molecule has 1 N–H and O–H groups in total. The Morgan fingerprint density at radius 1 is 1.11 bits per heavy atom. The molecule has 96 valence electrons. The zero-order valence-electron chi connectivity index (χ0n) is 10.9. The van der Waals surface area contributed by atoms with Crippen LogP contribution in [-0.2, 0) is 13.1 Å². The van der Waals surface area contributed by atoms with Gasteiger partial charge in [-0.25, -0.2) is 4.39 Å². The molecule has 2 nitrogen and oxygen atoms in total. The zero-order valence-corrected chi connectivity index (χ0v) is 10.9. The number of hydrogen-bond donors (Lipinski definition) is 1. The van der Waals surface area contributed by atoms with Crippen molar-refractivity contribution in [2.45, 2.75) is 33.0 Å². The molecule has 0 amide bonds. The fraction of sp³-hybridized carbons (Fsp3) is 0.333. The molecule has 0 atom stereocenters. The second kappa shape index (κ2) is 5.83. The summed E-state index contributed by atoms with van der Waals surface area (Å²) in [4.78, 5) is 0. The normalized spacial score (nSPS) is 11.1. The van der Waals surface area contributed by atoms with E-state index in [0.29, 0.717) is 6.04 Å². The Hall–Kier alpha value is -1.61. The maximum absolute atomic E-state index is 12.8. The molecule has 0 saturated heterocycles. The van der Waals surface area contributed by atoms with Gasteiger partial charge in [-0.1, -0.05) is 26.0 Å². The van der Waals surface area contributed by atoms with Crippen LogP contribution in [0, 0.1) is 5.82 Å². The number of aromatic nitrogens is 1. The van der Waals surface area contributed by atoms with E-state index >= 15 is 0 Å². The molecule has 0 saturated carbocycles. The van der Waals surface area contributed by atoms with Crippen molar-refractivity contribution < 1.29 is 4.39 Å². The molecule has 2 rings (SSSR count). The molecule has 0 aliphatic rings.